The fourth-order valence-corrected chi connectivity index (χ4v) is 3.50. The Morgan fingerprint density at radius 2 is 1.31 bits per heavy atom. The standard InChI is InChI=1S/C24H30N4O7S/c25-17(10-14-4-2-1-3-5-14)21(31)27-19(12-29)22(32)28-20(13-36)23(33)26-18(24(34)35)11-15-6-8-16(30)9-7-15/h1-9,17-20,29-30,36H,10-13,25H2,(H,26,33)(H,27,31)(H,28,32)(H,34,35). The molecule has 11 nitrogen and oxygen atoms in total. The molecule has 36 heavy (non-hydrogen) atoms. The van der Waals surface area contributed by atoms with Gasteiger partial charge < -0.3 is 37.0 Å². The van der Waals surface area contributed by atoms with E-state index in [4.69, 9.17) is 5.73 Å². The van der Waals surface area contributed by atoms with Crippen molar-refractivity contribution < 1.29 is 34.5 Å². The molecule has 12 heteroatoms. The summed E-state index contributed by atoms with van der Waals surface area (Å²) in [6.07, 6.45) is 0.148. The molecule has 2 rings (SSSR count). The van der Waals surface area contributed by atoms with Crippen molar-refractivity contribution in [2.75, 3.05) is 12.4 Å². The maximum atomic E-state index is 12.7. The molecule has 194 valence electrons. The lowest BCUT2D eigenvalue weighted by atomic mass is 10.1. The predicted octanol–water partition coefficient (Wildman–Crippen LogP) is -1.03. The number of aromatic hydroxyl groups is 1. The van der Waals surface area contributed by atoms with Crippen molar-refractivity contribution in [3.8, 4) is 5.75 Å². The minimum Gasteiger partial charge on any atom is -0.508 e. The third-order valence-corrected chi connectivity index (χ3v) is 5.62. The molecule has 0 saturated heterocycles. The molecule has 0 saturated carbocycles. The van der Waals surface area contributed by atoms with Crippen molar-refractivity contribution in [2.45, 2.75) is 37.0 Å². The van der Waals surface area contributed by atoms with E-state index < -0.39 is 54.5 Å². The fourth-order valence-electron chi connectivity index (χ4n) is 3.24. The Labute approximate surface area is 213 Å². The number of rotatable bonds is 13. The second-order valence-electron chi connectivity index (χ2n) is 8.05. The van der Waals surface area contributed by atoms with Gasteiger partial charge in [-0.15, -0.1) is 0 Å². The van der Waals surface area contributed by atoms with E-state index in [0.29, 0.717) is 5.56 Å². The molecule has 0 spiro atoms. The summed E-state index contributed by atoms with van der Waals surface area (Å²) < 4.78 is 0. The summed E-state index contributed by atoms with van der Waals surface area (Å²) in [7, 11) is 0. The Morgan fingerprint density at radius 3 is 1.86 bits per heavy atom. The summed E-state index contributed by atoms with van der Waals surface area (Å²) in [5.41, 5.74) is 7.29. The first-order valence-corrected chi connectivity index (χ1v) is 11.7. The molecule has 0 radical (unpaired) electrons. The zero-order valence-corrected chi connectivity index (χ0v) is 20.2. The van der Waals surface area contributed by atoms with Crippen molar-refractivity contribution in [3.63, 3.8) is 0 Å². The number of carboxylic acid groups (broad SMARTS) is 1. The molecule has 0 aromatic heterocycles. The number of hydrogen-bond donors (Lipinski definition) is 8. The van der Waals surface area contributed by atoms with Crippen molar-refractivity contribution in [3.05, 3.63) is 65.7 Å². The lowest BCUT2D eigenvalue weighted by Gasteiger charge is -2.23. The summed E-state index contributed by atoms with van der Waals surface area (Å²) in [5.74, 6) is -3.80. The molecule has 2 aromatic rings. The first-order chi connectivity index (χ1) is 17.1. The van der Waals surface area contributed by atoms with Crippen LogP contribution in [0.15, 0.2) is 54.6 Å². The van der Waals surface area contributed by atoms with Crippen LogP contribution in [0.5, 0.6) is 5.75 Å². The van der Waals surface area contributed by atoms with Gasteiger partial charge in [-0.3, -0.25) is 14.4 Å². The molecule has 0 bridgehead atoms. The largest absolute Gasteiger partial charge is 0.508 e. The molecular formula is C24H30N4O7S. The van der Waals surface area contributed by atoms with Crippen LogP contribution in [0.2, 0.25) is 0 Å². The van der Waals surface area contributed by atoms with Gasteiger partial charge in [0.05, 0.1) is 12.6 Å². The topological polar surface area (TPSA) is 191 Å². The molecule has 3 amide bonds. The lowest BCUT2D eigenvalue weighted by molar-refractivity contribution is -0.142. The number of carbonyl (C=O) groups is 4. The summed E-state index contributed by atoms with van der Waals surface area (Å²) >= 11 is 4.05. The van der Waals surface area contributed by atoms with Gasteiger partial charge in [0.1, 0.15) is 23.9 Å². The van der Waals surface area contributed by atoms with E-state index in [1.54, 1.807) is 24.3 Å². The first kappa shape index (κ1) is 28.6. The first-order valence-electron chi connectivity index (χ1n) is 11.1. The predicted molar refractivity (Wildman–Crippen MR) is 134 cm³/mol. The number of aliphatic hydroxyl groups is 1. The Bertz CT molecular complexity index is 1040. The molecule has 0 aliphatic rings. The van der Waals surface area contributed by atoms with Gasteiger partial charge in [-0.1, -0.05) is 42.5 Å². The van der Waals surface area contributed by atoms with Gasteiger partial charge in [0.15, 0.2) is 0 Å². The van der Waals surface area contributed by atoms with Gasteiger partial charge >= 0.3 is 5.97 Å². The van der Waals surface area contributed by atoms with Crippen LogP contribution in [0, 0.1) is 0 Å². The monoisotopic (exact) mass is 518 g/mol. The Morgan fingerprint density at radius 1 is 0.778 bits per heavy atom. The summed E-state index contributed by atoms with van der Waals surface area (Å²) in [6.45, 7) is -0.755. The number of carbonyl (C=O) groups excluding carboxylic acids is 3. The van der Waals surface area contributed by atoms with E-state index >= 15 is 0 Å². The second-order valence-corrected chi connectivity index (χ2v) is 8.42. The number of phenols is 1. The van der Waals surface area contributed by atoms with E-state index in [1.165, 1.54) is 24.3 Å². The highest BCUT2D eigenvalue weighted by Crippen LogP contribution is 2.11. The zero-order valence-electron chi connectivity index (χ0n) is 19.3. The van der Waals surface area contributed by atoms with Crippen LogP contribution < -0.4 is 21.7 Å². The number of thiol groups is 1. The lowest BCUT2D eigenvalue weighted by Crippen LogP contribution is -2.58. The van der Waals surface area contributed by atoms with Crippen LogP contribution in [-0.4, -0.2) is 75.5 Å². The minimum atomic E-state index is -1.39. The number of phenolic OH excluding ortho intramolecular Hbond substituents is 1. The number of nitrogens with two attached hydrogens (primary N) is 1. The average molecular weight is 519 g/mol. The van der Waals surface area contributed by atoms with Gasteiger partial charge in [0, 0.05) is 12.2 Å². The molecule has 4 unspecified atom stereocenters. The fraction of sp³-hybridized carbons (Fsp3) is 0.333. The number of amides is 3. The molecule has 8 N–H and O–H groups in total. The van der Waals surface area contributed by atoms with Gasteiger partial charge in [-0.2, -0.15) is 12.6 Å². The molecule has 0 aliphatic heterocycles. The van der Waals surface area contributed by atoms with Crippen LogP contribution in [0.4, 0.5) is 0 Å². The zero-order chi connectivity index (χ0) is 26.7. The van der Waals surface area contributed by atoms with E-state index in [9.17, 15) is 34.5 Å². The van der Waals surface area contributed by atoms with E-state index in [1.807, 2.05) is 6.07 Å². The number of benzene rings is 2. The quantitative estimate of drug-likeness (QED) is 0.154. The average Bonchev–Trinajstić information content (AvgIpc) is 2.86. The Kier molecular flexibility index (Phi) is 11.2. The SMILES string of the molecule is NC(Cc1ccccc1)C(=O)NC(CO)C(=O)NC(CS)C(=O)NC(Cc1ccc(O)cc1)C(=O)O. The molecule has 2 aromatic carbocycles. The number of nitrogens with one attached hydrogen (secondary N) is 3. The number of aliphatic hydroxyl groups excluding tert-OH is 1. The summed E-state index contributed by atoms with van der Waals surface area (Å²) in [4.78, 5) is 49.4. The highest BCUT2D eigenvalue weighted by molar-refractivity contribution is 7.80. The van der Waals surface area contributed by atoms with Gasteiger partial charge in [-0.25, -0.2) is 4.79 Å². The van der Waals surface area contributed by atoms with Gasteiger partial charge in [-0.05, 0) is 29.7 Å². The maximum Gasteiger partial charge on any atom is 0.326 e. The number of aliphatic carboxylic acids is 1. The highest BCUT2D eigenvalue weighted by atomic mass is 32.1. The third kappa shape index (κ3) is 8.87. The Hall–Kier alpha value is -3.61. The second kappa shape index (κ2) is 14.1. The third-order valence-electron chi connectivity index (χ3n) is 5.26. The summed E-state index contributed by atoms with van der Waals surface area (Å²) in [6, 6.07) is 9.91. The smallest absolute Gasteiger partial charge is 0.326 e. The maximum absolute atomic E-state index is 12.7. The highest BCUT2D eigenvalue weighted by Gasteiger charge is 2.29. The Balaban J connectivity index is 1.96. The molecule has 0 aliphatic carbocycles. The normalized spacial score (nSPS) is 14.1. The van der Waals surface area contributed by atoms with E-state index in [-0.39, 0.29) is 24.3 Å². The number of carboxylic acids is 1. The van der Waals surface area contributed by atoms with Crippen LogP contribution in [0.3, 0.4) is 0 Å². The van der Waals surface area contributed by atoms with Crippen molar-refractivity contribution in [1.29, 1.82) is 0 Å². The van der Waals surface area contributed by atoms with Crippen LogP contribution >= 0.6 is 12.6 Å². The van der Waals surface area contributed by atoms with Crippen LogP contribution in [-0.2, 0) is 32.0 Å². The molecule has 4 atom stereocenters. The van der Waals surface area contributed by atoms with Crippen LogP contribution in [0.25, 0.3) is 0 Å². The van der Waals surface area contributed by atoms with Crippen LogP contribution in [0.1, 0.15) is 11.1 Å². The van der Waals surface area contributed by atoms with Crippen molar-refractivity contribution >= 4 is 36.3 Å². The van der Waals surface area contributed by atoms with E-state index in [0.717, 1.165) is 5.56 Å². The molecule has 0 heterocycles. The van der Waals surface area contributed by atoms with Gasteiger partial charge in [0.25, 0.3) is 0 Å². The van der Waals surface area contributed by atoms with Crippen molar-refractivity contribution in [1.82, 2.24) is 16.0 Å². The van der Waals surface area contributed by atoms with E-state index in [2.05, 4.69) is 28.6 Å². The van der Waals surface area contributed by atoms with Gasteiger partial charge in [0.2, 0.25) is 17.7 Å². The molecule has 0 fully saturated rings. The molecular weight excluding hydrogens is 488 g/mol. The van der Waals surface area contributed by atoms with Crippen molar-refractivity contribution in [2.24, 2.45) is 5.73 Å². The number of hydrogen-bond acceptors (Lipinski definition) is 8. The minimum absolute atomic E-state index is 0.0130. The summed E-state index contributed by atoms with van der Waals surface area (Å²) in [5, 5.41) is 35.5.